The second-order valence-corrected chi connectivity index (χ2v) is 3.72. The van der Waals surface area contributed by atoms with E-state index in [1.54, 1.807) is 0 Å². The number of esters is 1. The number of hydrogen-bond donors (Lipinski definition) is 1. The summed E-state index contributed by atoms with van der Waals surface area (Å²) < 4.78 is 11.6. The maximum Gasteiger partial charge on any atom is 0.330 e. The van der Waals surface area contributed by atoms with Gasteiger partial charge in [-0.05, 0) is 0 Å². The fourth-order valence-corrected chi connectivity index (χ4v) is 1.77. The Morgan fingerprint density at radius 3 is 3.00 bits per heavy atom. The topological polar surface area (TPSA) is 90.4 Å². The molecule has 1 saturated heterocycles. The Hall–Kier alpha value is -1.89. The summed E-state index contributed by atoms with van der Waals surface area (Å²) in [6.07, 6.45) is 0.670. The zero-order chi connectivity index (χ0) is 12.4. The second-order valence-electron chi connectivity index (χ2n) is 3.72. The molecule has 1 aromatic heterocycles. The van der Waals surface area contributed by atoms with Crippen LogP contribution in [-0.4, -0.2) is 28.2 Å². The summed E-state index contributed by atoms with van der Waals surface area (Å²) in [4.78, 5) is 35.5. The van der Waals surface area contributed by atoms with Gasteiger partial charge in [0.15, 0.2) is 6.23 Å². The number of aromatic nitrogens is 2. The Balaban J connectivity index is 2.29. The largest absolute Gasteiger partial charge is 0.458 e. The number of aromatic amines is 1. The predicted molar refractivity (Wildman–Crippen MR) is 56.5 cm³/mol. The lowest BCUT2D eigenvalue weighted by atomic mass is 10.2. The van der Waals surface area contributed by atoms with E-state index >= 15 is 0 Å². The maximum absolute atomic E-state index is 11.5. The summed E-state index contributed by atoms with van der Waals surface area (Å²) in [5, 5.41) is 0. The standard InChI is InChI=1S/C10H12N2O5/c1-6(13)17-7-3-5-16-9(7)12-4-2-8(14)11-10(12)15/h2,4,7,9H,3,5H2,1H3,(H,11,14,15)/t7-,9-/m1/s1. The minimum absolute atomic E-state index is 0.397. The summed E-state index contributed by atoms with van der Waals surface area (Å²) in [7, 11) is 0. The van der Waals surface area contributed by atoms with Crippen LogP contribution >= 0.6 is 0 Å². The van der Waals surface area contributed by atoms with Crippen molar-refractivity contribution in [3.05, 3.63) is 33.1 Å². The molecule has 2 atom stereocenters. The fraction of sp³-hybridized carbons (Fsp3) is 0.500. The summed E-state index contributed by atoms with van der Waals surface area (Å²) in [6.45, 7) is 1.69. The van der Waals surface area contributed by atoms with E-state index in [0.717, 1.165) is 0 Å². The fourth-order valence-electron chi connectivity index (χ4n) is 1.77. The molecule has 2 heterocycles. The third-order valence-electron chi connectivity index (χ3n) is 2.45. The normalized spacial score (nSPS) is 23.6. The molecule has 0 amide bonds. The van der Waals surface area contributed by atoms with Gasteiger partial charge < -0.3 is 9.47 Å². The predicted octanol–water partition coefficient (Wildman–Crippen LogP) is -0.613. The minimum Gasteiger partial charge on any atom is -0.458 e. The molecule has 7 heteroatoms. The summed E-state index contributed by atoms with van der Waals surface area (Å²) in [5.41, 5.74) is -1.06. The first-order chi connectivity index (χ1) is 8.08. The van der Waals surface area contributed by atoms with Crippen LogP contribution < -0.4 is 11.2 Å². The molecule has 7 nitrogen and oxygen atoms in total. The van der Waals surface area contributed by atoms with Gasteiger partial charge in [-0.2, -0.15) is 0 Å². The number of nitrogens with one attached hydrogen (secondary N) is 1. The third-order valence-corrected chi connectivity index (χ3v) is 2.45. The van der Waals surface area contributed by atoms with Crippen LogP contribution in [0, 0.1) is 0 Å². The average Bonchev–Trinajstić information content (AvgIpc) is 2.65. The van der Waals surface area contributed by atoms with Crippen molar-refractivity contribution in [1.82, 2.24) is 9.55 Å². The van der Waals surface area contributed by atoms with E-state index in [1.165, 1.54) is 23.8 Å². The highest BCUT2D eigenvalue weighted by Gasteiger charge is 2.32. The van der Waals surface area contributed by atoms with E-state index in [1.807, 2.05) is 0 Å². The highest BCUT2D eigenvalue weighted by Crippen LogP contribution is 2.24. The van der Waals surface area contributed by atoms with Crippen molar-refractivity contribution in [2.75, 3.05) is 6.61 Å². The van der Waals surface area contributed by atoms with Crippen LogP contribution in [0.5, 0.6) is 0 Å². The van der Waals surface area contributed by atoms with Crippen molar-refractivity contribution >= 4 is 5.97 Å². The monoisotopic (exact) mass is 240 g/mol. The van der Waals surface area contributed by atoms with Gasteiger partial charge in [-0.3, -0.25) is 19.1 Å². The summed E-state index contributed by atoms with van der Waals surface area (Å²) >= 11 is 0. The minimum atomic E-state index is -0.678. The quantitative estimate of drug-likeness (QED) is 0.696. The molecular formula is C10H12N2O5. The lowest BCUT2D eigenvalue weighted by Gasteiger charge is -2.19. The van der Waals surface area contributed by atoms with E-state index in [0.29, 0.717) is 13.0 Å². The van der Waals surface area contributed by atoms with Crippen molar-refractivity contribution in [1.29, 1.82) is 0 Å². The average molecular weight is 240 g/mol. The highest BCUT2D eigenvalue weighted by atomic mass is 16.6. The smallest absolute Gasteiger partial charge is 0.330 e. The number of H-pyrrole nitrogens is 1. The van der Waals surface area contributed by atoms with Crippen LogP contribution in [0.2, 0.25) is 0 Å². The molecule has 0 aliphatic carbocycles. The van der Waals surface area contributed by atoms with Crippen LogP contribution in [0.4, 0.5) is 0 Å². The number of carbonyl (C=O) groups is 1. The molecule has 0 saturated carbocycles. The van der Waals surface area contributed by atoms with E-state index in [2.05, 4.69) is 4.98 Å². The Morgan fingerprint density at radius 2 is 2.35 bits per heavy atom. The molecule has 0 bridgehead atoms. The van der Waals surface area contributed by atoms with Gasteiger partial charge in [0.05, 0.1) is 6.61 Å². The van der Waals surface area contributed by atoms with Crippen LogP contribution in [0.1, 0.15) is 19.6 Å². The lowest BCUT2D eigenvalue weighted by Crippen LogP contribution is -2.36. The van der Waals surface area contributed by atoms with Gasteiger partial charge in [0.1, 0.15) is 6.10 Å². The zero-order valence-electron chi connectivity index (χ0n) is 9.21. The van der Waals surface area contributed by atoms with Gasteiger partial charge in [-0.15, -0.1) is 0 Å². The van der Waals surface area contributed by atoms with E-state index in [9.17, 15) is 14.4 Å². The van der Waals surface area contributed by atoms with Gasteiger partial charge in [0.25, 0.3) is 5.56 Å². The van der Waals surface area contributed by atoms with E-state index in [-0.39, 0.29) is 0 Å². The molecule has 0 unspecified atom stereocenters. The van der Waals surface area contributed by atoms with Crippen molar-refractivity contribution in [2.45, 2.75) is 25.7 Å². The summed E-state index contributed by atoms with van der Waals surface area (Å²) in [6, 6.07) is 1.22. The molecule has 0 radical (unpaired) electrons. The number of rotatable bonds is 2. The molecule has 17 heavy (non-hydrogen) atoms. The highest BCUT2D eigenvalue weighted by molar-refractivity contribution is 5.66. The first-order valence-electron chi connectivity index (χ1n) is 5.18. The van der Waals surface area contributed by atoms with Crippen molar-refractivity contribution in [3.63, 3.8) is 0 Å². The molecule has 2 rings (SSSR count). The number of carbonyl (C=O) groups excluding carboxylic acids is 1. The van der Waals surface area contributed by atoms with Crippen LogP contribution in [-0.2, 0) is 14.3 Å². The van der Waals surface area contributed by atoms with Gasteiger partial charge >= 0.3 is 11.7 Å². The Labute approximate surface area is 96.0 Å². The van der Waals surface area contributed by atoms with Crippen LogP contribution in [0.3, 0.4) is 0 Å². The first-order valence-corrected chi connectivity index (χ1v) is 5.18. The molecule has 1 aromatic rings. The van der Waals surface area contributed by atoms with E-state index < -0.39 is 29.6 Å². The molecular weight excluding hydrogens is 228 g/mol. The molecule has 0 spiro atoms. The maximum atomic E-state index is 11.5. The van der Waals surface area contributed by atoms with E-state index in [4.69, 9.17) is 9.47 Å². The van der Waals surface area contributed by atoms with Crippen molar-refractivity contribution < 1.29 is 14.3 Å². The van der Waals surface area contributed by atoms with Gasteiger partial charge in [-0.1, -0.05) is 0 Å². The Bertz CT molecular complexity index is 532. The molecule has 0 aromatic carbocycles. The van der Waals surface area contributed by atoms with Crippen molar-refractivity contribution in [2.24, 2.45) is 0 Å². The van der Waals surface area contributed by atoms with Gasteiger partial charge in [0, 0.05) is 25.6 Å². The van der Waals surface area contributed by atoms with Gasteiger partial charge in [-0.25, -0.2) is 4.79 Å². The SMILES string of the molecule is CC(=O)O[C@@H]1CCO[C@H]1n1ccc(=O)[nH]c1=O. The van der Waals surface area contributed by atoms with Crippen LogP contribution in [0.25, 0.3) is 0 Å². The molecule has 92 valence electrons. The third kappa shape index (κ3) is 2.44. The van der Waals surface area contributed by atoms with Crippen molar-refractivity contribution in [3.8, 4) is 0 Å². The molecule has 1 fully saturated rings. The molecule has 1 N–H and O–H groups in total. The summed E-state index contributed by atoms with van der Waals surface area (Å²) in [5.74, 6) is -0.428. The Kier molecular flexibility index (Phi) is 3.10. The number of nitrogens with zero attached hydrogens (tertiary/aromatic N) is 1. The zero-order valence-corrected chi connectivity index (χ0v) is 9.21. The molecule has 1 aliphatic rings. The molecule has 1 aliphatic heterocycles. The second kappa shape index (κ2) is 4.54. The van der Waals surface area contributed by atoms with Gasteiger partial charge in [0.2, 0.25) is 0 Å². The number of ether oxygens (including phenoxy) is 2. The number of hydrogen-bond acceptors (Lipinski definition) is 5. The lowest BCUT2D eigenvalue weighted by molar-refractivity contribution is -0.151. The Morgan fingerprint density at radius 1 is 1.59 bits per heavy atom. The first kappa shape index (κ1) is 11.6. The van der Waals surface area contributed by atoms with Crippen LogP contribution in [0.15, 0.2) is 21.9 Å².